The predicted octanol–water partition coefficient (Wildman–Crippen LogP) is 1.73. The molecule has 0 atom stereocenters. The van der Waals surface area contributed by atoms with Gasteiger partial charge in [-0.3, -0.25) is 9.48 Å². The van der Waals surface area contributed by atoms with E-state index in [0.717, 1.165) is 42.2 Å². The van der Waals surface area contributed by atoms with Gasteiger partial charge in [0.1, 0.15) is 0 Å². The van der Waals surface area contributed by atoms with E-state index in [1.165, 1.54) is 0 Å². The fraction of sp³-hybridized carbons (Fsp3) is 0.615. The molecular formula is C13H18N4OS. The number of nitrogens with zero attached hydrogens (tertiary/aromatic N) is 4. The third-order valence-corrected chi connectivity index (χ3v) is 4.68. The zero-order valence-electron chi connectivity index (χ0n) is 11.1. The molecule has 2 aliphatic rings. The summed E-state index contributed by atoms with van der Waals surface area (Å²) >= 11 is 1.96. The molecule has 0 bridgehead atoms. The molecule has 6 heteroatoms. The second-order valence-electron chi connectivity index (χ2n) is 4.89. The Morgan fingerprint density at radius 3 is 2.89 bits per heavy atom. The van der Waals surface area contributed by atoms with Crippen molar-refractivity contribution in [3.05, 3.63) is 18.0 Å². The number of aryl methyl sites for hydroxylation is 1. The van der Waals surface area contributed by atoms with Crippen LogP contribution in [0.5, 0.6) is 0 Å². The van der Waals surface area contributed by atoms with Gasteiger partial charge in [-0.2, -0.15) is 22.0 Å². The summed E-state index contributed by atoms with van der Waals surface area (Å²) in [6, 6.07) is 0.299. The number of amides is 1. The lowest BCUT2D eigenvalue weighted by atomic mass is 10.1. The Morgan fingerprint density at radius 1 is 1.42 bits per heavy atom. The summed E-state index contributed by atoms with van der Waals surface area (Å²) in [7, 11) is 0. The Kier molecular flexibility index (Phi) is 3.59. The van der Waals surface area contributed by atoms with Gasteiger partial charge in [0.15, 0.2) is 0 Å². The van der Waals surface area contributed by atoms with E-state index in [4.69, 9.17) is 0 Å². The zero-order valence-corrected chi connectivity index (χ0v) is 11.9. The van der Waals surface area contributed by atoms with Crippen LogP contribution in [0.2, 0.25) is 0 Å². The first-order valence-corrected chi connectivity index (χ1v) is 7.93. The maximum Gasteiger partial charge on any atom is 0.249 e. The molecule has 0 saturated carbocycles. The number of hydrazone groups is 1. The second kappa shape index (κ2) is 5.36. The maximum atomic E-state index is 12.1. The van der Waals surface area contributed by atoms with E-state index in [1.54, 1.807) is 11.2 Å². The quantitative estimate of drug-likeness (QED) is 0.846. The van der Waals surface area contributed by atoms with Crippen LogP contribution in [-0.2, 0) is 11.3 Å². The monoisotopic (exact) mass is 278 g/mol. The van der Waals surface area contributed by atoms with Crippen molar-refractivity contribution in [2.75, 3.05) is 11.5 Å². The highest BCUT2D eigenvalue weighted by Gasteiger charge is 2.32. The Balaban J connectivity index is 1.78. The van der Waals surface area contributed by atoms with Crippen molar-refractivity contribution in [1.82, 2.24) is 14.8 Å². The Morgan fingerprint density at radius 2 is 2.21 bits per heavy atom. The molecule has 1 amide bonds. The van der Waals surface area contributed by atoms with Crippen molar-refractivity contribution in [3.63, 3.8) is 0 Å². The highest BCUT2D eigenvalue weighted by Crippen LogP contribution is 2.26. The van der Waals surface area contributed by atoms with Crippen LogP contribution in [-0.4, -0.2) is 44.0 Å². The molecule has 19 heavy (non-hydrogen) atoms. The van der Waals surface area contributed by atoms with Crippen LogP contribution in [0.1, 0.15) is 31.7 Å². The van der Waals surface area contributed by atoms with Crippen LogP contribution in [0, 0.1) is 0 Å². The van der Waals surface area contributed by atoms with E-state index in [0.29, 0.717) is 12.5 Å². The molecule has 0 unspecified atom stereocenters. The molecule has 0 aliphatic carbocycles. The SMILES string of the molecule is CCn1cc(C2=NN(C3CCSCC3)C(=O)C2)cn1. The summed E-state index contributed by atoms with van der Waals surface area (Å²) < 4.78 is 1.86. The van der Waals surface area contributed by atoms with Crippen molar-refractivity contribution in [2.45, 2.75) is 38.8 Å². The van der Waals surface area contributed by atoms with Gasteiger partial charge in [-0.15, -0.1) is 0 Å². The van der Waals surface area contributed by atoms with E-state index < -0.39 is 0 Å². The number of thioether (sulfide) groups is 1. The molecule has 1 fully saturated rings. The summed E-state index contributed by atoms with van der Waals surface area (Å²) in [6.45, 7) is 2.88. The number of rotatable bonds is 3. The molecule has 0 radical (unpaired) electrons. The van der Waals surface area contributed by atoms with Gasteiger partial charge in [0.05, 0.1) is 24.4 Å². The summed E-state index contributed by atoms with van der Waals surface area (Å²) in [5, 5.41) is 10.5. The zero-order chi connectivity index (χ0) is 13.2. The fourth-order valence-corrected chi connectivity index (χ4v) is 3.59. The first kappa shape index (κ1) is 12.7. The average molecular weight is 278 g/mol. The largest absolute Gasteiger partial charge is 0.273 e. The first-order valence-electron chi connectivity index (χ1n) is 6.78. The van der Waals surface area contributed by atoms with Gasteiger partial charge >= 0.3 is 0 Å². The van der Waals surface area contributed by atoms with Crippen molar-refractivity contribution < 1.29 is 4.79 Å². The highest BCUT2D eigenvalue weighted by molar-refractivity contribution is 7.99. The van der Waals surface area contributed by atoms with Crippen LogP contribution in [0.15, 0.2) is 17.5 Å². The van der Waals surface area contributed by atoms with Gasteiger partial charge in [-0.25, -0.2) is 5.01 Å². The minimum absolute atomic E-state index is 0.135. The number of hydrogen-bond acceptors (Lipinski definition) is 4. The molecule has 2 aliphatic heterocycles. The van der Waals surface area contributed by atoms with Crippen molar-refractivity contribution in [2.24, 2.45) is 5.10 Å². The van der Waals surface area contributed by atoms with Gasteiger partial charge in [0.2, 0.25) is 5.91 Å². The second-order valence-corrected chi connectivity index (χ2v) is 6.11. The fourth-order valence-electron chi connectivity index (χ4n) is 2.51. The predicted molar refractivity (Wildman–Crippen MR) is 76.2 cm³/mol. The molecular weight excluding hydrogens is 260 g/mol. The number of carbonyl (C=O) groups excluding carboxylic acids is 1. The van der Waals surface area contributed by atoms with E-state index in [9.17, 15) is 4.79 Å². The Hall–Kier alpha value is -1.30. The molecule has 1 saturated heterocycles. The van der Waals surface area contributed by atoms with Crippen LogP contribution in [0.3, 0.4) is 0 Å². The lowest BCUT2D eigenvalue weighted by Crippen LogP contribution is -2.35. The van der Waals surface area contributed by atoms with Crippen LogP contribution in [0.4, 0.5) is 0 Å². The molecule has 102 valence electrons. The van der Waals surface area contributed by atoms with Crippen LogP contribution in [0.25, 0.3) is 0 Å². The van der Waals surface area contributed by atoms with Gasteiger partial charge in [0.25, 0.3) is 0 Å². The Bertz CT molecular complexity index is 504. The van der Waals surface area contributed by atoms with Gasteiger partial charge in [-0.05, 0) is 31.3 Å². The molecule has 5 nitrogen and oxygen atoms in total. The summed E-state index contributed by atoms with van der Waals surface area (Å²) in [4.78, 5) is 12.1. The third kappa shape index (κ3) is 2.54. The number of carbonyl (C=O) groups is 1. The molecule has 0 aromatic carbocycles. The first-order chi connectivity index (χ1) is 9.28. The molecule has 3 rings (SSSR count). The average Bonchev–Trinajstić information content (AvgIpc) is 3.06. The summed E-state index contributed by atoms with van der Waals surface area (Å²) in [5.74, 6) is 2.40. The van der Waals surface area contributed by atoms with Crippen molar-refractivity contribution in [3.8, 4) is 0 Å². The van der Waals surface area contributed by atoms with Crippen LogP contribution < -0.4 is 0 Å². The van der Waals surface area contributed by atoms with Gasteiger partial charge < -0.3 is 0 Å². The normalized spacial score (nSPS) is 21.0. The van der Waals surface area contributed by atoms with E-state index >= 15 is 0 Å². The number of aromatic nitrogens is 2. The molecule has 3 heterocycles. The third-order valence-electron chi connectivity index (χ3n) is 3.63. The van der Waals surface area contributed by atoms with Gasteiger partial charge in [-0.1, -0.05) is 0 Å². The summed E-state index contributed by atoms with van der Waals surface area (Å²) in [6.07, 6.45) is 6.30. The van der Waals surface area contributed by atoms with Crippen molar-refractivity contribution >= 4 is 23.4 Å². The minimum Gasteiger partial charge on any atom is -0.273 e. The smallest absolute Gasteiger partial charge is 0.249 e. The Labute approximate surface area is 117 Å². The molecule has 0 N–H and O–H groups in total. The van der Waals surface area contributed by atoms with Gasteiger partial charge in [0, 0.05) is 18.3 Å². The minimum atomic E-state index is 0.135. The molecule has 0 spiro atoms. The maximum absolute atomic E-state index is 12.1. The van der Waals surface area contributed by atoms with Crippen LogP contribution >= 0.6 is 11.8 Å². The number of hydrogen-bond donors (Lipinski definition) is 0. The van der Waals surface area contributed by atoms with E-state index in [2.05, 4.69) is 10.2 Å². The standard InChI is InChI=1S/C13H18N4OS/c1-2-16-9-10(8-14-16)12-7-13(18)17(15-12)11-3-5-19-6-4-11/h8-9,11H,2-7H2,1H3. The molecule has 1 aromatic heterocycles. The van der Waals surface area contributed by atoms with E-state index in [-0.39, 0.29) is 5.91 Å². The van der Waals surface area contributed by atoms with Crippen molar-refractivity contribution in [1.29, 1.82) is 0 Å². The molecule has 1 aromatic rings. The lowest BCUT2D eigenvalue weighted by Gasteiger charge is -2.27. The summed E-state index contributed by atoms with van der Waals surface area (Å²) in [5.41, 5.74) is 1.84. The lowest BCUT2D eigenvalue weighted by molar-refractivity contribution is -0.130. The topological polar surface area (TPSA) is 50.5 Å². The highest BCUT2D eigenvalue weighted by atomic mass is 32.2. The van der Waals surface area contributed by atoms with E-state index in [1.807, 2.05) is 29.6 Å².